The van der Waals surface area contributed by atoms with Crippen molar-refractivity contribution in [1.82, 2.24) is 0 Å². The molecule has 0 unspecified atom stereocenters. The minimum Gasteiger partial charge on any atom is -0.480 e. The van der Waals surface area contributed by atoms with Gasteiger partial charge in [0.25, 0.3) is 5.69 Å². The van der Waals surface area contributed by atoms with Crippen molar-refractivity contribution in [1.29, 1.82) is 0 Å². The van der Waals surface area contributed by atoms with Crippen LogP contribution in [0.25, 0.3) is 0 Å². The zero-order chi connectivity index (χ0) is 22.1. The Morgan fingerprint density at radius 2 is 1.57 bits per heavy atom. The Hall–Kier alpha value is -2.65. The Morgan fingerprint density at radius 3 is 1.86 bits per heavy atom. The zero-order valence-corrected chi connectivity index (χ0v) is 15.8. The Bertz CT molecular complexity index is 770. The second-order valence-electron chi connectivity index (χ2n) is 6.87. The highest BCUT2D eigenvalue weighted by Gasteiger charge is 2.63. The molecule has 7 nitrogen and oxygen atoms in total. The average molecular weight is 405 g/mol. The van der Waals surface area contributed by atoms with Gasteiger partial charge in [-0.2, -0.15) is 13.2 Å². The molecule has 0 saturated carbocycles. The first-order chi connectivity index (χ1) is 12.7. The molecular formula is C18H22F3NO6. The first kappa shape index (κ1) is 23.4. The van der Waals surface area contributed by atoms with Crippen LogP contribution in [0.5, 0.6) is 0 Å². The Morgan fingerprint density at radius 1 is 1.11 bits per heavy atom. The summed E-state index contributed by atoms with van der Waals surface area (Å²) in [5.41, 5.74) is -7.78. The maximum atomic E-state index is 13.4. The summed E-state index contributed by atoms with van der Waals surface area (Å²) in [6.45, 7) is 6.34. The molecule has 10 heteroatoms. The van der Waals surface area contributed by atoms with Gasteiger partial charge in [0.15, 0.2) is 5.41 Å². The van der Waals surface area contributed by atoms with E-state index in [1.54, 1.807) is 27.7 Å². The summed E-state index contributed by atoms with van der Waals surface area (Å²) in [6, 6.07) is 1.58. The second-order valence-corrected chi connectivity index (χ2v) is 6.87. The van der Waals surface area contributed by atoms with Crippen LogP contribution < -0.4 is 0 Å². The van der Waals surface area contributed by atoms with Gasteiger partial charge in [0.2, 0.25) is 0 Å². The van der Waals surface area contributed by atoms with Crippen LogP contribution >= 0.6 is 0 Å². The summed E-state index contributed by atoms with van der Waals surface area (Å²) in [6.07, 6.45) is -5.06. The highest BCUT2D eigenvalue weighted by atomic mass is 19.4. The van der Waals surface area contributed by atoms with Crippen molar-refractivity contribution in [3.05, 3.63) is 39.4 Å². The summed E-state index contributed by atoms with van der Waals surface area (Å²) in [4.78, 5) is 34.4. The van der Waals surface area contributed by atoms with Gasteiger partial charge in [-0.25, -0.2) is 0 Å². The summed E-state index contributed by atoms with van der Waals surface area (Å²) < 4.78 is 40.2. The SMILES string of the molecule is CCC(CC)(C(C)C)C(C(=O)O)(C(=O)O)c1ccc([N+](=O)[O-])c(C(F)(F)F)c1. The zero-order valence-electron chi connectivity index (χ0n) is 15.8. The van der Waals surface area contributed by atoms with Gasteiger partial charge in [0.1, 0.15) is 5.56 Å². The quantitative estimate of drug-likeness (QED) is 0.374. The number of nitro benzene ring substituents is 1. The predicted octanol–water partition coefficient (Wildman–Crippen LogP) is 4.48. The molecule has 0 aliphatic rings. The molecule has 1 aromatic carbocycles. The number of halogens is 3. The van der Waals surface area contributed by atoms with Crippen LogP contribution in [-0.2, 0) is 21.2 Å². The van der Waals surface area contributed by atoms with Gasteiger partial charge >= 0.3 is 18.1 Å². The first-order valence-corrected chi connectivity index (χ1v) is 8.56. The fourth-order valence-corrected chi connectivity index (χ4v) is 4.24. The van der Waals surface area contributed by atoms with E-state index in [4.69, 9.17) is 0 Å². The molecule has 0 spiro atoms. The molecule has 0 radical (unpaired) electrons. The van der Waals surface area contributed by atoms with Crippen molar-refractivity contribution in [2.24, 2.45) is 11.3 Å². The molecule has 0 atom stereocenters. The lowest BCUT2D eigenvalue weighted by atomic mass is 9.52. The number of carbonyl (C=O) groups is 2. The molecule has 0 aromatic heterocycles. The third-order valence-corrected chi connectivity index (χ3v) is 5.69. The molecule has 0 heterocycles. The fraction of sp³-hybridized carbons (Fsp3) is 0.556. The second kappa shape index (κ2) is 7.76. The molecule has 0 saturated heterocycles. The summed E-state index contributed by atoms with van der Waals surface area (Å²) in [5.74, 6) is -4.17. The minimum atomic E-state index is -5.17. The van der Waals surface area contributed by atoms with E-state index in [1.807, 2.05) is 0 Å². The summed E-state index contributed by atoms with van der Waals surface area (Å²) in [5, 5.41) is 30.9. The summed E-state index contributed by atoms with van der Waals surface area (Å²) >= 11 is 0. The van der Waals surface area contributed by atoms with Crippen LogP contribution in [0, 0.1) is 21.4 Å². The van der Waals surface area contributed by atoms with Crippen LogP contribution in [0.4, 0.5) is 18.9 Å². The van der Waals surface area contributed by atoms with Crippen molar-refractivity contribution in [2.45, 2.75) is 52.1 Å². The number of rotatable bonds is 8. The van der Waals surface area contributed by atoms with Gasteiger partial charge < -0.3 is 10.2 Å². The van der Waals surface area contributed by atoms with E-state index in [0.717, 1.165) is 6.07 Å². The van der Waals surface area contributed by atoms with Crippen LogP contribution in [0.2, 0.25) is 0 Å². The molecule has 1 rings (SSSR count). The fourth-order valence-electron chi connectivity index (χ4n) is 4.24. The third-order valence-electron chi connectivity index (χ3n) is 5.69. The van der Waals surface area contributed by atoms with Crippen LogP contribution in [0.15, 0.2) is 18.2 Å². The number of hydrogen-bond donors (Lipinski definition) is 2. The Kier molecular flexibility index (Phi) is 6.49. The molecular weight excluding hydrogens is 383 g/mol. The van der Waals surface area contributed by atoms with Gasteiger partial charge in [-0.1, -0.05) is 33.8 Å². The monoisotopic (exact) mass is 405 g/mol. The number of nitrogens with zero attached hydrogens (tertiary/aromatic N) is 1. The maximum Gasteiger partial charge on any atom is 0.423 e. The Balaban J connectivity index is 4.12. The molecule has 0 fully saturated rings. The topological polar surface area (TPSA) is 118 Å². The van der Waals surface area contributed by atoms with Crippen LogP contribution in [0.1, 0.15) is 51.7 Å². The Labute approximate surface area is 159 Å². The van der Waals surface area contributed by atoms with E-state index < -0.39 is 56.6 Å². The van der Waals surface area contributed by atoms with Gasteiger partial charge in [-0.3, -0.25) is 19.7 Å². The molecule has 156 valence electrons. The number of carboxylic acid groups (broad SMARTS) is 2. The van der Waals surface area contributed by atoms with Crippen molar-refractivity contribution in [3.8, 4) is 0 Å². The maximum absolute atomic E-state index is 13.4. The highest BCUT2D eigenvalue weighted by molar-refractivity contribution is 6.06. The van der Waals surface area contributed by atoms with Gasteiger partial charge in [-0.15, -0.1) is 0 Å². The third kappa shape index (κ3) is 3.31. The van der Waals surface area contributed by atoms with Gasteiger partial charge in [-0.05, 0) is 30.4 Å². The van der Waals surface area contributed by atoms with Crippen molar-refractivity contribution >= 4 is 17.6 Å². The number of carboxylic acids is 2. The van der Waals surface area contributed by atoms with E-state index in [9.17, 15) is 43.1 Å². The van der Waals surface area contributed by atoms with Crippen molar-refractivity contribution in [3.63, 3.8) is 0 Å². The van der Waals surface area contributed by atoms with Crippen LogP contribution in [0.3, 0.4) is 0 Å². The van der Waals surface area contributed by atoms with E-state index in [-0.39, 0.29) is 18.9 Å². The molecule has 0 aliphatic heterocycles. The standard InChI is InChI=1S/C18H22F3NO6/c1-5-16(6-2,10(3)4)17(14(23)24,15(25)26)11-7-8-13(22(27)28)12(9-11)18(19,20)21/h7-10H,5-6H2,1-4H3,(H,23,24)(H,25,26). The number of hydrogen-bond acceptors (Lipinski definition) is 4. The van der Waals surface area contributed by atoms with Crippen LogP contribution in [-0.4, -0.2) is 27.1 Å². The van der Waals surface area contributed by atoms with E-state index in [0.29, 0.717) is 6.07 Å². The first-order valence-electron chi connectivity index (χ1n) is 8.56. The highest BCUT2D eigenvalue weighted by Crippen LogP contribution is 2.53. The lowest BCUT2D eigenvalue weighted by Gasteiger charge is -2.48. The van der Waals surface area contributed by atoms with E-state index in [2.05, 4.69) is 0 Å². The molecule has 28 heavy (non-hydrogen) atoms. The minimum absolute atomic E-state index is 0.0537. The number of benzene rings is 1. The molecule has 0 amide bonds. The van der Waals surface area contributed by atoms with E-state index in [1.165, 1.54) is 0 Å². The molecule has 2 N–H and O–H groups in total. The summed E-state index contributed by atoms with van der Waals surface area (Å²) in [7, 11) is 0. The number of nitro groups is 1. The molecule has 1 aromatic rings. The number of alkyl halides is 3. The molecule has 0 bridgehead atoms. The molecule has 0 aliphatic carbocycles. The van der Waals surface area contributed by atoms with Crippen molar-refractivity contribution < 1.29 is 37.9 Å². The van der Waals surface area contributed by atoms with Gasteiger partial charge in [0.05, 0.1) is 4.92 Å². The van der Waals surface area contributed by atoms with Crippen molar-refractivity contribution in [2.75, 3.05) is 0 Å². The smallest absolute Gasteiger partial charge is 0.423 e. The van der Waals surface area contributed by atoms with Gasteiger partial charge in [0, 0.05) is 11.5 Å². The van der Waals surface area contributed by atoms with E-state index >= 15 is 0 Å². The lowest BCUT2D eigenvalue weighted by molar-refractivity contribution is -0.388. The largest absolute Gasteiger partial charge is 0.480 e. The average Bonchev–Trinajstić information content (AvgIpc) is 2.57. The lowest BCUT2D eigenvalue weighted by Crippen LogP contribution is -2.59. The number of aliphatic carboxylic acids is 2. The normalized spacial score (nSPS) is 12.9. The predicted molar refractivity (Wildman–Crippen MR) is 92.9 cm³/mol.